The Hall–Kier alpha value is -2.70. The molecule has 0 heterocycles. The topological polar surface area (TPSA) is 101 Å². The van der Waals surface area contributed by atoms with Crippen LogP contribution in [0, 0.1) is 10.1 Å². The summed E-state index contributed by atoms with van der Waals surface area (Å²) in [5.41, 5.74) is 5.13. The third-order valence-electron chi connectivity index (χ3n) is 2.33. The van der Waals surface area contributed by atoms with Crippen LogP contribution in [0.25, 0.3) is 6.08 Å². The molecule has 1 aromatic rings. The number of rotatable bonds is 5. The van der Waals surface area contributed by atoms with E-state index in [1.807, 2.05) is 6.92 Å². The minimum absolute atomic E-state index is 0.0153. The summed E-state index contributed by atoms with van der Waals surface area (Å²) < 4.78 is 0. The van der Waals surface area contributed by atoms with Gasteiger partial charge in [0, 0.05) is 24.6 Å². The molecule has 0 saturated carbocycles. The lowest BCUT2D eigenvalue weighted by Crippen LogP contribution is -2.40. The summed E-state index contributed by atoms with van der Waals surface area (Å²) in [6.07, 6.45) is 3.76. The van der Waals surface area contributed by atoms with E-state index >= 15 is 0 Å². The minimum atomic E-state index is -0.497. The van der Waals surface area contributed by atoms with E-state index in [1.54, 1.807) is 0 Å². The quantitative estimate of drug-likeness (QED) is 0.484. The molecule has 0 saturated heterocycles. The number of carbonyl (C=O) groups is 2. The van der Waals surface area contributed by atoms with Crippen molar-refractivity contribution >= 4 is 23.6 Å². The fourth-order valence-corrected chi connectivity index (χ4v) is 1.34. The smallest absolute Gasteiger partial charge is 0.269 e. The Kier molecular flexibility index (Phi) is 5.89. The first-order valence-electron chi connectivity index (χ1n) is 6.04. The molecule has 20 heavy (non-hydrogen) atoms. The molecule has 0 spiro atoms. The molecule has 1 rings (SSSR count). The normalized spacial score (nSPS) is 10.2. The average molecular weight is 277 g/mol. The largest absolute Gasteiger partial charge is 0.273 e. The molecule has 0 aliphatic carbocycles. The minimum Gasteiger partial charge on any atom is -0.273 e. The van der Waals surface area contributed by atoms with Crippen LogP contribution in [0.4, 0.5) is 5.69 Å². The molecule has 1 aromatic carbocycles. The van der Waals surface area contributed by atoms with Gasteiger partial charge in [-0.25, -0.2) is 0 Å². The van der Waals surface area contributed by atoms with E-state index in [9.17, 15) is 19.7 Å². The van der Waals surface area contributed by atoms with Crippen LogP contribution in [-0.4, -0.2) is 16.7 Å². The molecule has 2 N–H and O–H groups in total. The van der Waals surface area contributed by atoms with E-state index in [4.69, 9.17) is 0 Å². The highest BCUT2D eigenvalue weighted by atomic mass is 16.6. The van der Waals surface area contributed by atoms with Gasteiger partial charge in [0.05, 0.1) is 4.92 Å². The zero-order valence-corrected chi connectivity index (χ0v) is 11.0. The summed E-state index contributed by atoms with van der Waals surface area (Å²) in [6, 6.07) is 5.75. The highest BCUT2D eigenvalue weighted by Gasteiger charge is 2.03. The van der Waals surface area contributed by atoms with Crippen molar-refractivity contribution in [3.63, 3.8) is 0 Å². The summed E-state index contributed by atoms with van der Waals surface area (Å²) in [4.78, 5) is 32.5. The van der Waals surface area contributed by atoms with Crippen molar-refractivity contribution < 1.29 is 14.5 Å². The van der Waals surface area contributed by atoms with Crippen LogP contribution in [0.2, 0.25) is 0 Å². The van der Waals surface area contributed by atoms with Crippen LogP contribution in [0.15, 0.2) is 30.3 Å². The van der Waals surface area contributed by atoms with Crippen molar-refractivity contribution in [2.24, 2.45) is 0 Å². The van der Waals surface area contributed by atoms with Crippen molar-refractivity contribution in [1.29, 1.82) is 0 Å². The molecule has 0 unspecified atom stereocenters. The molecule has 106 valence electrons. The van der Waals surface area contributed by atoms with E-state index in [0.717, 1.165) is 0 Å². The van der Waals surface area contributed by atoms with Crippen LogP contribution in [0.1, 0.15) is 25.3 Å². The van der Waals surface area contributed by atoms with Gasteiger partial charge in [0.25, 0.3) is 11.6 Å². The number of nitrogens with zero attached hydrogens (tertiary/aromatic N) is 1. The summed E-state index contributed by atoms with van der Waals surface area (Å²) in [5.74, 6) is -0.739. The van der Waals surface area contributed by atoms with E-state index < -0.39 is 10.8 Å². The Morgan fingerprint density at radius 3 is 2.45 bits per heavy atom. The third-order valence-corrected chi connectivity index (χ3v) is 2.33. The highest BCUT2D eigenvalue weighted by molar-refractivity contribution is 5.93. The molecule has 7 nitrogen and oxygen atoms in total. The Labute approximate surface area is 115 Å². The lowest BCUT2D eigenvalue weighted by Gasteiger charge is -2.03. The molecule has 0 fully saturated rings. The van der Waals surface area contributed by atoms with Crippen LogP contribution < -0.4 is 10.9 Å². The van der Waals surface area contributed by atoms with Gasteiger partial charge in [0.2, 0.25) is 5.91 Å². The Balaban J connectivity index is 2.48. The first kappa shape index (κ1) is 15.4. The Morgan fingerprint density at radius 2 is 1.90 bits per heavy atom. The number of hydrogen-bond donors (Lipinski definition) is 2. The van der Waals surface area contributed by atoms with E-state index in [2.05, 4.69) is 10.9 Å². The van der Waals surface area contributed by atoms with Gasteiger partial charge in [-0.1, -0.05) is 6.92 Å². The summed E-state index contributed by atoms with van der Waals surface area (Å²) >= 11 is 0. The van der Waals surface area contributed by atoms with Gasteiger partial charge in [-0.15, -0.1) is 0 Å². The van der Waals surface area contributed by atoms with Gasteiger partial charge in [-0.2, -0.15) is 0 Å². The second-order valence-corrected chi connectivity index (χ2v) is 3.97. The number of non-ortho nitro benzene ring substituents is 1. The molecular formula is C13H15N3O4. The lowest BCUT2D eigenvalue weighted by molar-refractivity contribution is -0.384. The van der Waals surface area contributed by atoms with Crippen LogP contribution in [-0.2, 0) is 9.59 Å². The SMILES string of the molecule is CCCC(=O)NNC(=O)/C=C/c1ccc([N+](=O)[O-])cc1. The van der Waals surface area contributed by atoms with Crippen molar-refractivity contribution in [2.75, 3.05) is 0 Å². The number of hydrazine groups is 1. The molecule has 0 radical (unpaired) electrons. The number of carbonyl (C=O) groups excluding carboxylic acids is 2. The standard InChI is InChI=1S/C13H15N3O4/c1-2-3-12(17)14-15-13(18)9-6-10-4-7-11(8-5-10)16(19)20/h4-9H,2-3H2,1H3,(H,14,17)(H,15,18)/b9-6+. The van der Waals surface area contributed by atoms with E-state index in [-0.39, 0.29) is 11.6 Å². The molecular weight excluding hydrogens is 262 g/mol. The second-order valence-electron chi connectivity index (χ2n) is 3.97. The fourth-order valence-electron chi connectivity index (χ4n) is 1.34. The lowest BCUT2D eigenvalue weighted by atomic mass is 10.2. The van der Waals surface area contributed by atoms with E-state index in [0.29, 0.717) is 18.4 Å². The van der Waals surface area contributed by atoms with E-state index in [1.165, 1.54) is 36.4 Å². The first-order valence-corrected chi connectivity index (χ1v) is 6.04. The van der Waals surface area contributed by atoms with Crippen molar-refractivity contribution in [3.8, 4) is 0 Å². The molecule has 0 aliphatic rings. The van der Waals surface area contributed by atoms with Crippen molar-refractivity contribution in [1.82, 2.24) is 10.9 Å². The molecule has 7 heteroatoms. The Morgan fingerprint density at radius 1 is 1.25 bits per heavy atom. The monoisotopic (exact) mass is 277 g/mol. The summed E-state index contributed by atoms with van der Waals surface area (Å²) in [7, 11) is 0. The maximum Gasteiger partial charge on any atom is 0.269 e. The molecule has 2 amide bonds. The molecule has 0 bridgehead atoms. The van der Waals surface area contributed by atoms with Gasteiger partial charge in [0.15, 0.2) is 0 Å². The summed E-state index contributed by atoms with van der Waals surface area (Å²) in [5, 5.41) is 10.5. The van der Waals surface area contributed by atoms with Crippen LogP contribution in [0.3, 0.4) is 0 Å². The maximum absolute atomic E-state index is 11.4. The second kappa shape index (κ2) is 7.67. The van der Waals surface area contributed by atoms with Gasteiger partial charge in [-0.05, 0) is 30.2 Å². The maximum atomic E-state index is 11.4. The predicted octanol–water partition coefficient (Wildman–Crippen LogP) is 1.56. The summed E-state index contributed by atoms with van der Waals surface area (Å²) in [6.45, 7) is 1.86. The molecule has 0 aromatic heterocycles. The number of hydrogen-bond acceptors (Lipinski definition) is 4. The van der Waals surface area contributed by atoms with Crippen LogP contribution >= 0.6 is 0 Å². The number of nitrogens with one attached hydrogen (secondary N) is 2. The molecule has 0 atom stereocenters. The van der Waals surface area contributed by atoms with Crippen LogP contribution in [0.5, 0.6) is 0 Å². The number of amides is 2. The Bertz CT molecular complexity index is 523. The fraction of sp³-hybridized carbons (Fsp3) is 0.231. The zero-order chi connectivity index (χ0) is 15.0. The van der Waals surface area contributed by atoms with Gasteiger partial charge >= 0.3 is 0 Å². The van der Waals surface area contributed by atoms with Gasteiger partial charge in [-0.3, -0.25) is 30.6 Å². The third kappa shape index (κ3) is 5.30. The average Bonchev–Trinajstić information content (AvgIpc) is 2.43. The number of benzene rings is 1. The highest BCUT2D eigenvalue weighted by Crippen LogP contribution is 2.12. The first-order chi connectivity index (χ1) is 9.52. The number of nitro groups is 1. The predicted molar refractivity (Wildman–Crippen MR) is 73.3 cm³/mol. The van der Waals surface area contributed by atoms with Gasteiger partial charge in [0.1, 0.15) is 0 Å². The van der Waals surface area contributed by atoms with Gasteiger partial charge < -0.3 is 0 Å². The molecule has 0 aliphatic heterocycles. The van der Waals surface area contributed by atoms with Crippen molar-refractivity contribution in [3.05, 3.63) is 46.0 Å². The number of nitro benzene ring substituents is 1. The van der Waals surface area contributed by atoms with Crippen molar-refractivity contribution in [2.45, 2.75) is 19.8 Å². The zero-order valence-electron chi connectivity index (χ0n) is 11.0.